The largest absolute Gasteiger partial charge is 0.480 e. The minimum Gasteiger partial charge on any atom is -0.480 e. The zero-order chi connectivity index (χ0) is 13.0. The zero-order valence-corrected chi connectivity index (χ0v) is 10.7. The standard InChI is InChI=1S/C13H21NO4/c15-11-3-1-2-4-13(11,12(16)17)5-6-14-7-9-18-10-8-14/h1-10H2,(H,16,17). The van der Waals surface area contributed by atoms with Crippen molar-refractivity contribution >= 4 is 11.8 Å². The first-order chi connectivity index (χ1) is 8.65. The third-order valence-corrected chi connectivity index (χ3v) is 4.16. The molecule has 0 aromatic heterocycles. The highest BCUT2D eigenvalue weighted by atomic mass is 16.5. The number of carbonyl (C=O) groups is 2. The number of carbonyl (C=O) groups excluding carboxylic acids is 1. The molecular formula is C13H21NO4. The van der Waals surface area contributed by atoms with E-state index in [1.807, 2.05) is 0 Å². The molecular weight excluding hydrogens is 234 g/mol. The molecule has 0 aromatic rings. The summed E-state index contributed by atoms with van der Waals surface area (Å²) in [5.74, 6) is -1.00. The van der Waals surface area contributed by atoms with Gasteiger partial charge >= 0.3 is 5.97 Å². The summed E-state index contributed by atoms with van der Waals surface area (Å²) < 4.78 is 5.26. The Balaban J connectivity index is 1.97. The van der Waals surface area contributed by atoms with Crippen LogP contribution in [-0.2, 0) is 14.3 Å². The summed E-state index contributed by atoms with van der Waals surface area (Å²) in [6, 6.07) is 0. The second-order valence-corrected chi connectivity index (χ2v) is 5.22. The molecule has 0 spiro atoms. The highest BCUT2D eigenvalue weighted by Crippen LogP contribution is 2.37. The van der Waals surface area contributed by atoms with Crippen LogP contribution >= 0.6 is 0 Å². The third kappa shape index (κ3) is 2.72. The van der Waals surface area contributed by atoms with Gasteiger partial charge in [-0.05, 0) is 25.8 Å². The third-order valence-electron chi connectivity index (χ3n) is 4.16. The van der Waals surface area contributed by atoms with Crippen LogP contribution in [0.15, 0.2) is 0 Å². The molecule has 1 aliphatic heterocycles. The fourth-order valence-corrected chi connectivity index (χ4v) is 2.86. The van der Waals surface area contributed by atoms with E-state index in [9.17, 15) is 14.7 Å². The Kier molecular flexibility index (Phi) is 4.35. The lowest BCUT2D eigenvalue weighted by Gasteiger charge is -2.34. The van der Waals surface area contributed by atoms with Gasteiger partial charge in [0, 0.05) is 19.5 Å². The molecule has 2 rings (SSSR count). The smallest absolute Gasteiger partial charge is 0.317 e. The van der Waals surface area contributed by atoms with Crippen LogP contribution in [0.2, 0.25) is 0 Å². The van der Waals surface area contributed by atoms with E-state index in [1.54, 1.807) is 0 Å². The summed E-state index contributed by atoms with van der Waals surface area (Å²) in [7, 11) is 0. The van der Waals surface area contributed by atoms with Gasteiger partial charge in [0.15, 0.2) is 0 Å². The Hall–Kier alpha value is -0.940. The number of Topliss-reactive ketones (excluding diaryl/α,β-unsaturated/α-hetero) is 1. The molecule has 1 unspecified atom stereocenters. The molecule has 0 aromatic carbocycles. The van der Waals surface area contributed by atoms with Gasteiger partial charge in [0.25, 0.3) is 0 Å². The highest BCUT2D eigenvalue weighted by Gasteiger charge is 2.46. The Morgan fingerprint density at radius 3 is 2.67 bits per heavy atom. The number of hydrogen-bond donors (Lipinski definition) is 1. The summed E-state index contributed by atoms with van der Waals surface area (Å²) in [5, 5.41) is 9.42. The molecule has 5 nitrogen and oxygen atoms in total. The van der Waals surface area contributed by atoms with Crippen molar-refractivity contribution in [2.45, 2.75) is 32.1 Å². The molecule has 1 heterocycles. The van der Waals surface area contributed by atoms with Crippen molar-refractivity contribution in [3.05, 3.63) is 0 Å². The maximum absolute atomic E-state index is 12.0. The Labute approximate surface area is 107 Å². The maximum atomic E-state index is 12.0. The van der Waals surface area contributed by atoms with Crippen molar-refractivity contribution in [2.75, 3.05) is 32.8 Å². The lowest BCUT2D eigenvalue weighted by Crippen LogP contribution is -2.46. The van der Waals surface area contributed by atoms with Crippen LogP contribution in [0.3, 0.4) is 0 Å². The molecule has 2 fully saturated rings. The molecule has 0 radical (unpaired) electrons. The second kappa shape index (κ2) is 5.80. The second-order valence-electron chi connectivity index (χ2n) is 5.22. The quantitative estimate of drug-likeness (QED) is 0.757. The van der Waals surface area contributed by atoms with Crippen molar-refractivity contribution < 1.29 is 19.4 Å². The van der Waals surface area contributed by atoms with Gasteiger partial charge in [-0.15, -0.1) is 0 Å². The number of carboxylic acids is 1. The average molecular weight is 255 g/mol. The number of aliphatic carboxylic acids is 1. The van der Waals surface area contributed by atoms with E-state index in [2.05, 4.69) is 4.90 Å². The normalized spacial score (nSPS) is 30.3. The van der Waals surface area contributed by atoms with Gasteiger partial charge in [-0.2, -0.15) is 0 Å². The Morgan fingerprint density at radius 2 is 2.06 bits per heavy atom. The molecule has 5 heteroatoms. The van der Waals surface area contributed by atoms with Crippen LogP contribution in [0.4, 0.5) is 0 Å². The van der Waals surface area contributed by atoms with E-state index in [-0.39, 0.29) is 5.78 Å². The van der Waals surface area contributed by atoms with E-state index in [4.69, 9.17) is 4.74 Å². The van der Waals surface area contributed by atoms with Crippen LogP contribution in [0.1, 0.15) is 32.1 Å². The first kappa shape index (κ1) is 13.5. The van der Waals surface area contributed by atoms with Gasteiger partial charge in [-0.3, -0.25) is 14.5 Å². The number of carboxylic acid groups (broad SMARTS) is 1. The molecule has 2 aliphatic rings. The van der Waals surface area contributed by atoms with Crippen molar-refractivity contribution in [1.82, 2.24) is 4.90 Å². The molecule has 1 saturated heterocycles. The van der Waals surface area contributed by atoms with E-state index in [1.165, 1.54) is 0 Å². The topological polar surface area (TPSA) is 66.8 Å². The van der Waals surface area contributed by atoms with Crippen molar-refractivity contribution in [3.63, 3.8) is 0 Å². The summed E-state index contributed by atoms with van der Waals surface area (Å²) >= 11 is 0. The maximum Gasteiger partial charge on any atom is 0.317 e. The van der Waals surface area contributed by atoms with E-state index >= 15 is 0 Å². The van der Waals surface area contributed by atoms with Gasteiger partial charge in [-0.1, -0.05) is 6.42 Å². The fourth-order valence-electron chi connectivity index (χ4n) is 2.86. The van der Waals surface area contributed by atoms with Crippen molar-refractivity contribution in [1.29, 1.82) is 0 Å². The first-order valence-corrected chi connectivity index (χ1v) is 6.72. The Bertz CT molecular complexity index is 325. The summed E-state index contributed by atoms with van der Waals surface area (Å²) in [6.45, 7) is 3.76. The van der Waals surface area contributed by atoms with Gasteiger partial charge in [0.2, 0.25) is 0 Å². The van der Waals surface area contributed by atoms with Gasteiger partial charge < -0.3 is 9.84 Å². The van der Waals surface area contributed by atoms with Crippen LogP contribution in [0.25, 0.3) is 0 Å². The zero-order valence-electron chi connectivity index (χ0n) is 10.7. The van der Waals surface area contributed by atoms with E-state index in [0.717, 1.165) is 25.9 Å². The van der Waals surface area contributed by atoms with E-state index < -0.39 is 11.4 Å². The SMILES string of the molecule is O=C(O)C1(CCN2CCOCC2)CCCCC1=O. The van der Waals surface area contributed by atoms with Crippen LogP contribution in [0, 0.1) is 5.41 Å². The number of ether oxygens (including phenoxy) is 1. The summed E-state index contributed by atoms with van der Waals surface area (Å²) in [5.41, 5.74) is -1.11. The molecule has 1 saturated carbocycles. The monoisotopic (exact) mass is 255 g/mol. The van der Waals surface area contributed by atoms with Gasteiger partial charge in [0.05, 0.1) is 13.2 Å². The number of rotatable bonds is 4. The number of hydrogen-bond acceptors (Lipinski definition) is 4. The molecule has 0 amide bonds. The number of nitrogens with zero attached hydrogens (tertiary/aromatic N) is 1. The minimum atomic E-state index is -1.11. The van der Waals surface area contributed by atoms with Crippen LogP contribution < -0.4 is 0 Å². The minimum absolute atomic E-state index is 0.0745. The average Bonchev–Trinajstić information content (AvgIpc) is 2.39. The lowest BCUT2D eigenvalue weighted by molar-refractivity contribution is -0.158. The van der Waals surface area contributed by atoms with Crippen LogP contribution in [0.5, 0.6) is 0 Å². The highest BCUT2D eigenvalue weighted by molar-refractivity contribution is 6.03. The molecule has 102 valence electrons. The fraction of sp³-hybridized carbons (Fsp3) is 0.846. The van der Waals surface area contributed by atoms with Crippen LogP contribution in [-0.4, -0.2) is 54.6 Å². The number of ketones is 1. The van der Waals surface area contributed by atoms with Crippen molar-refractivity contribution in [3.8, 4) is 0 Å². The molecule has 1 atom stereocenters. The molecule has 18 heavy (non-hydrogen) atoms. The van der Waals surface area contributed by atoms with Gasteiger partial charge in [0.1, 0.15) is 11.2 Å². The summed E-state index contributed by atoms with van der Waals surface area (Å²) in [4.78, 5) is 25.7. The van der Waals surface area contributed by atoms with Gasteiger partial charge in [-0.25, -0.2) is 0 Å². The predicted molar refractivity (Wildman–Crippen MR) is 65.4 cm³/mol. The lowest BCUT2D eigenvalue weighted by atomic mass is 9.70. The summed E-state index contributed by atoms with van der Waals surface area (Å²) in [6.07, 6.45) is 3.06. The van der Waals surface area contributed by atoms with Crippen molar-refractivity contribution in [2.24, 2.45) is 5.41 Å². The molecule has 1 N–H and O–H groups in total. The number of morpholine rings is 1. The first-order valence-electron chi connectivity index (χ1n) is 6.72. The Morgan fingerprint density at radius 1 is 1.33 bits per heavy atom. The van der Waals surface area contributed by atoms with E-state index in [0.29, 0.717) is 39.0 Å². The predicted octanol–water partition coefficient (Wildman–Crippen LogP) is 0.923. The molecule has 0 bridgehead atoms. The molecule has 1 aliphatic carbocycles.